The summed E-state index contributed by atoms with van der Waals surface area (Å²) in [6, 6.07) is 1.76. The molecule has 0 aliphatic heterocycles. The van der Waals surface area contributed by atoms with Gasteiger partial charge in [-0.1, -0.05) is 19.3 Å². The summed E-state index contributed by atoms with van der Waals surface area (Å²) < 4.78 is 0.223. The summed E-state index contributed by atoms with van der Waals surface area (Å²) >= 11 is 1.90. The molecular weight excluding hydrogens is 270 g/mol. The zero-order valence-corrected chi connectivity index (χ0v) is 13.1. The van der Waals surface area contributed by atoms with Crippen LogP contribution in [0.25, 0.3) is 0 Å². The molecule has 1 amide bonds. The van der Waals surface area contributed by atoms with Crippen LogP contribution >= 0.6 is 11.8 Å². The SMILES string of the molecule is CNc1cnccc1C(=O)NCC1(SC)CCCCC1. The standard InChI is InChI=1S/C15H23N3OS/c1-16-13-10-17-9-6-12(13)14(19)18-11-15(20-2)7-4-3-5-8-15/h6,9-10,16H,3-5,7-8,11H2,1-2H3,(H,18,19). The van der Waals surface area contributed by atoms with Gasteiger partial charge in [0.05, 0.1) is 17.4 Å². The first-order valence-corrected chi connectivity index (χ1v) is 8.38. The van der Waals surface area contributed by atoms with Crippen molar-refractivity contribution in [3.05, 3.63) is 24.0 Å². The van der Waals surface area contributed by atoms with Crippen LogP contribution in [0.4, 0.5) is 5.69 Å². The van der Waals surface area contributed by atoms with Gasteiger partial charge >= 0.3 is 0 Å². The molecule has 1 heterocycles. The second-order valence-corrected chi connectivity index (χ2v) is 6.58. The van der Waals surface area contributed by atoms with E-state index in [0.29, 0.717) is 5.56 Å². The van der Waals surface area contributed by atoms with Crippen LogP contribution in [0.1, 0.15) is 42.5 Å². The topological polar surface area (TPSA) is 54.0 Å². The molecule has 1 saturated carbocycles. The number of hydrogen-bond donors (Lipinski definition) is 2. The molecule has 0 saturated heterocycles. The first-order valence-electron chi connectivity index (χ1n) is 7.16. The average Bonchev–Trinajstić information content (AvgIpc) is 2.53. The highest BCUT2D eigenvalue weighted by atomic mass is 32.2. The van der Waals surface area contributed by atoms with E-state index in [-0.39, 0.29) is 10.7 Å². The first kappa shape index (κ1) is 15.2. The van der Waals surface area contributed by atoms with E-state index in [9.17, 15) is 4.79 Å². The zero-order chi connectivity index (χ0) is 14.4. The number of rotatable bonds is 5. The number of hydrogen-bond acceptors (Lipinski definition) is 4. The second-order valence-electron chi connectivity index (χ2n) is 5.30. The van der Waals surface area contributed by atoms with Crippen LogP contribution in [-0.4, -0.2) is 35.5 Å². The maximum atomic E-state index is 12.3. The summed E-state index contributed by atoms with van der Waals surface area (Å²) in [5, 5.41) is 6.12. The molecule has 5 heteroatoms. The molecule has 1 aliphatic rings. The Labute approximate surface area is 125 Å². The summed E-state index contributed by atoms with van der Waals surface area (Å²) in [6.45, 7) is 0.748. The van der Waals surface area contributed by atoms with E-state index in [1.165, 1.54) is 32.1 Å². The van der Waals surface area contributed by atoms with Crippen LogP contribution in [0.15, 0.2) is 18.5 Å². The Bertz CT molecular complexity index is 458. The maximum absolute atomic E-state index is 12.3. The van der Waals surface area contributed by atoms with E-state index in [2.05, 4.69) is 21.9 Å². The third kappa shape index (κ3) is 3.45. The fourth-order valence-corrected chi connectivity index (χ4v) is 3.69. The monoisotopic (exact) mass is 293 g/mol. The third-order valence-electron chi connectivity index (χ3n) is 4.10. The molecule has 1 aromatic rings. The van der Waals surface area contributed by atoms with E-state index in [4.69, 9.17) is 0 Å². The molecule has 0 aromatic carbocycles. The third-order valence-corrected chi connectivity index (χ3v) is 5.52. The van der Waals surface area contributed by atoms with Crippen molar-refractivity contribution in [2.75, 3.05) is 25.2 Å². The van der Waals surface area contributed by atoms with E-state index in [1.807, 2.05) is 11.8 Å². The molecule has 0 radical (unpaired) electrons. The summed E-state index contributed by atoms with van der Waals surface area (Å²) in [5.41, 5.74) is 1.43. The predicted molar refractivity (Wildman–Crippen MR) is 85.4 cm³/mol. The van der Waals surface area contributed by atoms with Crippen molar-refractivity contribution in [2.45, 2.75) is 36.9 Å². The van der Waals surface area contributed by atoms with Crippen LogP contribution in [0.5, 0.6) is 0 Å². The van der Waals surface area contributed by atoms with Crippen LogP contribution in [0.3, 0.4) is 0 Å². The molecular formula is C15H23N3OS. The number of nitrogens with zero attached hydrogens (tertiary/aromatic N) is 1. The lowest BCUT2D eigenvalue weighted by atomic mass is 9.88. The number of carbonyl (C=O) groups is 1. The number of amides is 1. The smallest absolute Gasteiger partial charge is 0.253 e. The Morgan fingerprint density at radius 3 is 2.80 bits per heavy atom. The highest BCUT2D eigenvalue weighted by molar-refractivity contribution is 8.00. The number of anilines is 1. The van der Waals surface area contributed by atoms with E-state index < -0.39 is 0 Å². The van der Waals surface area contributed by atoms with Crippen LogP contribution < -0.4 is 10.6 Å². The van der Waals surface area contributed by atoms with E-state index in [1.54, 1.807) is 25.5 Å². The predicted octanol–water partition coefficient (Wildman–Crippen LogP) is 2.92. The molecule has 0 atom stereocenters. The van der Waals surface area contributed by atoms with Crippen molar-refractivity contribution in [3.63, 3.8) is 0 Å². The number of nitrogens with one attached hydrogen (secondary N) is 2. The highest BCUT2D eigenvalue weighted by Gasteiger charge is 2.31. The minimum atomic E-state index is -0.0178. The van der Waals surface area contributed by atoms with Crippen LogP contribution in [0.2, 0.25) is 0 Å². The van der Waals surface area contributed by atoms with E-state index in [0.717, 1.165) is 12.2 Å². The number of pyridine rings is 1. The lowest BCUT2D eigenvalue weighted by molar-refractivity contribution is 0.0947. The van der Waals surface area contributed by atoms with Crippen molar-refractivity contribution < 1.29 is 4.79 Å². The summed E-state index contributed by atoms with van der Waals surface area (Å²) in [4.78, 5) is 16.4. The molecule has 1 aromatic heterocycles. The number of carbonyl (C=O) groups excluding carboxylic acids is 1. The van der Waals surface area contributed by atoms with Gasteiger partial charge in [-0.05, 0) is 25.2 Å². The average molecular weight is 293 g/mol. The maximum Gasteiger partial charge on any atom is 0.253 e. The molecule has 110 valence electrons. The molecule has 4 nitrogen and oxygen atoms in total. The minimum Gasteiger partial charge on any atom is -0.386 e. The van der Waals surface area contributed by atoms with Gasteiger partial charge in [-0.3, -0.25) is 9.78 Å². The number of aromatic nitrogens is 1. The highest BCUT2D eigenvalue weighted by Crippen LogP contribution is 2.38. The summed E-state index contributed by atoms with van der Waals surface area (Å²) in [7, 11) is 1.80. The van der Waals surface area contributed by atoms with Gasteiger partial charge < -0.3 is 10.6 Å². The van der Waals surface area contributed by atoms with Gasteiger partial charge in [-0.25, -0.2) is 0 Å². The molecule has 2 rings (SSSR count). The van der Waals surface area contributed by atoms with Gasteiger partial charge in [0.1, 0.15) is 0 Å². The molecule has 0 unspecified atom stereocenters. The summed E-state index contributed by atoms with van der Waals surface area (Å²) in [5.74, 6) is -0.0178. The van der Waals surface area contributed by atoms with Gasteiger partial charge in [0.15, 0.2) is 0 Å². The van der Waals surface area contributed by atoms with Crippen molar-refractivity contribution in [1.29, 1.82) is 0 Å². The Kier molecular flexibility index (Phi) is 5.29. The van der Waals surface area contributed by atoms with Crippen molar-refractivity contribution in [3.8, 4) is 0 Å². The minimum absolute atomic E-state index is 0.0178. The Morgan fingerprint density at radius 1 is 1.40 bits per heavy atom. The van der Waals surface area contributed by atoms with Gasteiger partial charge in [-0.15, -0.1) is 0 Å². The first-order chi connectivity index (χ1) is 9.71. The van der Waals surface area contributed by atoms with Crippen LogP contribution in [0, 0.1) is 0 Å². The fourth-order valence-electron chi connectivity index (χ4n) is 2.78. The second kappa shape index (κ2) is 6.97. The Balaban J connectivity index is 2.00. The molecule has 20 heavy (non-hydrogen) atoms. The summed E-state index contributed by atoms with van der Waals surface area (Å²) in [6.07, 6.45) is 11.8. The number of thioether (sulfide) groups is 1. The van der Waals surface area contributed by atoms with Crippen LogP contribution in [-0.2, 0) is 0 Å². The lowest BCUT2D eigenvalue weighted by Gasteiger charge is -2.35. The molecule has 0 spiro atoms. The Hall–Kier alpha value is -1.23. The normalized spacial score (nSPS) is 17.5. The van der Waals surface area contributed by atoms with Crippen molar-refractivity contribution in [1.82, 2.24) is 10.3 Å². The molecule has 0 bridgehead atoms. The Morgan fingerprint density at radius 2 is 2.15 bits per heavy atom. The molecule has 1 fully saturated rings. The zero-order valence-electron chi connectivity index (χ0n) is 12.2. The quantitative estimate of drug-likeness (QED) is 0.876. The largest absolute Gasteiger partial charge is 0.386 e. The van der Waals surface area contributed by atoms with Crippen molar-refractivity contribution >= 4 is 23.4 Å². The van der Waals surface area contributed by atoms with Gasteiger partial charge in [0.2, 0.25) is 0 Å². The lowest BCUT2D eigenvalue weighted by Crippen LogP contribution is -2.41. The molecule has 2 N–H and O–H groups in total. The van der Waals surface area contributed by atoms with E-state index >= 15 is 0 Å². The fraction of sp³-hybridized carbons (Fsp3) is 0.600. The van der Waals surface area contributed by atoms with Gasteiger partial charge in [0.25, 0.3) is 5.91 Å². The van der Waals surface area contributed by atoms with Gasteiger partial charge in [0, 0.05) is 24.5 Å². The van der Waals surface area contributed by atoms with Crippen molar-refractivity contribution in [2.24, 2.45) is 0 Å². The van der Waals surface area contributed by atoms with Gasteiger partial charge in [-0.2, -0.15) is 11.8 Å². The molecule has 1 aliphatic carbocycles.